The Kier molecular flexibility index (Phi) is 6.63. The van der Waals surface area contributed by atoms with E-state index in [-0.39, 0.29) is 5.78 Å². The molecule has 1 heterocycles. The Labute approximate surface area is 111 Å². The molecule has 1 rings (SSSR count). The van der Waals surface area contributed by atoms with Crippen LogP contribution in [0.4, 0.5) is 0 Å². The number of hydrogen-bond donors (Lipinski definition) is 0. The molecule has 18 heavy (non-hydrogen) atoms. The first kappa shape index (κ1) is 14.9. The van der Waals surface area contributed by atoms with Crippen LogP contribution in [0.5, 0.6) is 0 Å². The van der Waals surface area contributed by atoms with Crippen LogP contribution >= 0.6 is 0 Å². The topological polar surface area (TPSA) is 30.0 Å². The van der Waals surface area contributed by atoms with Gasteiger partial charge in [-0.15, -0.1) is 0 Å². The van der Waals surface area contributed by atoms with Gasteiger partial charge < -0.3 is 0 Å². The van der Waals surface area contributed by atoms with Gasteiger partial charge in [0.2, 0.25) is 0 Å². The van der Waals surface area contributed by atoms with E-state index in [1.165, 1.54) is 32.1 Å². The number of pyridine rings is 1. The van der Waals surface area contributed by atoms with E-state index >= 15 is 0 Å². The Morgan fingerprint density at radius 3 is 2.17 bits per heavy atom. The Bertz CT molecular complexity index is 364. The summed E-state index contributed by atoms with van der Waals surface area (Å²) in [7, 11) is 0. The summed E-state index contributed by atoms with van der Waals surface area (Å²) in [5, 5.41) is 0. The Morgan fingerprint density at radius 1 is 1.00 bits per heavy atom. The number of nitrogens with zero attached hydrogens (tertiary/aromatic N) is 1. The molecule has 0 saturated heterocycles. The third kappa shape index (κ3) is 5.44. The zero-order chi connectivity index (χ0) is 13.4. The number of aromatic nitrogens is 1. The van der Waals surface area contributed by atoms with Gasteiger partial charge in [-0.3, -0.25) is 9.78 Å². The van der Waals surface area contributed by atoms with Crippen LogP contribution in [0.3, 0.4) is 0 Å². The van der Waals surface area contributed by atoms with Crippen LogP contribution in [0.2, 0.25) is 0 Å². The monoisotopic (exact) mass is 247 g/mol. The van der Waals surface area contributed by atoms with Gasteiger partial charge in [0.25, 0.3) is 0 Å². The fraction of sp³-hybridized carbons (Fsp3) is 0.625. The van der Waals surface area contributed by atoms with Crippen LogP contribution in [-0.2, 0) is 0 Å². The van der Waals surface area contributed by atoms with Gasteiger partial charge in [0.05, 0.1) is 0 Å². The fourth-order valence-corrected chi connectivity index (χ4v) is 2.21. The van der Waals surface area contributed by atoms with Crippen molar-refractivity contribution in [2.24, 2.45) is 0 Å². The summed E-state index contributed by atoms with van der Waals surface area (Å²) < 4.78 is 0. The minimum Gasteiger partial charge on any atom is -0.294 e. The first-order valence-electron chi connectivity index (χ1n) is 7.12. The van der Waals surface area contributed by atoms with Gasteiger partial charge in [0.1, 0.15) is 0 Å². The molecule has 0 saturated carbocycles. The maximum Gasteiger partial charge on any atom is 0.163 e. The van der Waals surface area contributed by atoms with E-state index in [1.807, 2.05) is 26.0 Å². The Morgan fingerprint density at radius 2 is 1.56 bits per heavy atom. The van der Waals surface area contributed by atoms with E-state index < -0.39 is 0 Å². The van der Waals surface area contributed by atoms with Gasteiger partial charge in [0.15, 0.2) is 5.78 Å². The molecular weight excluding hydrogens is 222 g/mol. The third-order valence-corrected chi connectivity index (χ3v) is 3.16. The quantitative estimate of drug-likeness (QED) is 0.495. The molecule has 0 aliphatic heterocycles. The van der Waals surface area contributed by atoms with Crippen molar-refractivity contribution in [1.82, 2.24) is 4.98 Å². The molecule has 1 aromatic heterocycles. The van der Waals surface area contributed by atoms with Crippen LogP contribution in [0.15, 0.2) is 12.1 Å². The van der Waals surface area contributed by atoms with Crippen molar-refractivity contribution in [3.05, 3.63) is 29.1 Å². The van der Waals surface area contributed by atoms with Crippen molar-refractivity contribution in [1.29, 1.82) is 0 Å². The molecule has 0 bridgehead atoms. The highest BCUT2D eigenvalue weighted by atomic mass is 16.1. The second-order valence-electron chi connectivity index (χ2n) is 5.08. The highest BCUT2D eigenvalue weighted by molar-refractivity contribution is 5.96. The molecule has 2 nitrogen and oxygen atoms in total. The van der Waals surface area contributed by atoms with E-state index in [1.54, 1.807) is 0 Å². The van der Waals surface area contributed by atoms with Crippen LogP contribution in [-0.4, -0.2) is 10.8 Å². The largest absolute Gasteiger partial charge is 0.294 e. The average molecular weight is 247 g/mol. The lowest BCUT2D eigenvalue weighted by Crippen LogP contribution is -2.01. The van der Waals surface area contributed by atoms with Gasteiger partial charge >= 0.3 is 0 Å². The average Bonchev–Trinajstić information content (AvgIpc) is 2.32. The maximum atomic E-state index is 12.0. The number of rotatable bonds is 8. The van der Waals surface area contributed by atoms with Gasteiger partial charge in [-0.1, -0.05) is 39.0 Å². The predicted molar refractivity (Wildman–Crippen MR) is 76.0 cm³/mol. The Hall–Kier alpha value is -1.18. The van der Waals surface area contributed by atoms with Crippen LogP contribution < -0.4 is 0 Å². The minimum atomic E-state index is 0.263. The lowest BCUT2D eigenvalue weighted by atomic mass is 10.0. The number of Topliss-reactive ketones (excluding diaryl/α,β-unsaturated/α-hetero) is 1. The minimum absolute atomic E-state index is 0.263. The van der Waals surface area contributed by atoms with Crippen molar-refractivity contribution < 1.29 is 4.79 Å². The molecule has 0 aliphatic carbocycles. The molecule has 0 aliphatic rings. The summed E-state index contributed by atoms with van der Waals surface area (Å²) in [5.74, 6) is 0.263. The fourth-order valence-electron chi connectivity index (χ4n) is 2.21. The number of hydrogen-bond acceptors (Lipinski definition) is 2. The first-order chi connectivity index (χ1) is 8.63. The van der Waals surface area contributed by atoms with Gasteiger partial charge in [-0.2, -0.15) is 0 Å². The SMILES string of the molecule is CCCCCCCCC(=O)c1cc(C)nc(C)c1. The standard InChI is InChI=1S/C16H25NO/c1-4-5-6-7-8-9-10-16(18)15-11-13(2)17-14(3)12-15/h11-12H,4-10H2,1-3H3. The molecule has 0 aromatic carbocycles. The molecule has 0 N–H and O–H groups in total. The van der Waals surface area contributed by atoms with Crippen LogP contribution in [0.25, 0.3) is 0 Å². The number of carbonyl (C=O) groups excluding carboxylic acids is 1. The molecular formula is C16H25NO. The van der Waals surface area contributed by atoms with Crippen LogP contribution in [0, 0.1) is 13.8 Å². The number of carbonyl (C=O) groups is 1. The molecule has 0 fully saturated rings. The third-order valence-electron chi connectivity index (χ3n) is 3.16. The van der Waals surface area contributed by atoms with Crippen molar-refractivity contribution in [3.63, 3.8) is 0 Å². The highest BCUT2D eigenvalue weighted by Gasteiger charge is 2.07. The van der Waals surface area contributed by atoms with E-state index in [0.717, 1.165) is 23.4 Å². The van der Waals surface area contributed by atoms with E-state index in [0.29, 0.717) is 6.42 Å². The highest BCUT2D eigenvalue weighted by Crippen LogP contribution is 2.12. The summed E-state index contributed by atoms with van der Waals surface area (Å²) in [6, 6.07) is 3.79. The normalized spacial score (nSPS) is 10.6. The number of ketones is 1. The molecule has 0 atom stereocenters. The second-order valence-corrected chi connectivity index (χ2v) is 5.08. The number of unbranched alkanes of at least 4 members (excludes halogenated alkanes) is 5. The molecule has 0 spiro atoms. The van der Waals surface area contributed by atoms with E-state index in [2.05, 4.69) is 11.9 Å². The molecule has 2 heteroatoms. The van der Waals surface area contributed by atoms with Crippen LogP contribution in [0.1, 0.15) is 73.6 Å². The van der Waals surface area contributed by atoms with Crippen molar-refractivity contribution in [2.75, 3.05) is 0 Å². The molecule has 100 valence electrons. The predicted octanol–water partition coefficient (Wildman–Crippen LogP) is 4.63. The van der Waals surface area contributed by atoms with Gasteiger partial charge in [-0.25, -0.2) is 0 Å². The molecule has 0 amide bonds. The maximum absolute atomic E-state index is 12.0. The van der Waals surface area contributed by atoms with Crippen molar-refractivity contribution in [3.8, 4) is 0 Å². The first-order valence-corrected chi connectivity index (χ1v) is 7.12. The zero-order valence-electron chi connectivity index (χ0n) is 12.0. The summed E-state index contributed by atoms with van der Waals surface area (Å²) in [4.78, 5) is 16.3. The van der Waals surface area contributed by atoms with Gasteiger partial charge in [0, 0.05) is 23.4 Å². The lowest BCUT2D eigenvalue weighted by Gasteiger charge is -2.04. The Balaban J connectivity index is 2.32. The second kappa shape index (κ2) is 8.02. The summed E-state index contributed by atoms with van der Waals surface area (Å²) >= 11 is 0. The molecule has 1 aromatic rings. The van der Waals surface area contributed by atoms with Crippen molar-refractivity contribution >= 4 is 5.78 Å². The summed E-state index contributed by atoms with van der Waals surface area (Å²) in [5.41, 5.74) is 2.69. The van der Waals surface area contributed by atoms with E-state index in [4.69, 9.17) is 0 Å². The van der Waals surface area contributed by atoms with Crippen molar-refractivity contribution in [2.45, 2.75) is 65.7 Å². The van der Waals surface area contributed by atoms with Gasteiger partial charge in [-0.05, 0) is 32.4 Å². The molecule has 0 radical (unpaired) electrons. The van der Waals surface area contributed by atoms with E-state index in [9.17, 15) is 4.79 Å². The lowest BCUT2D eigenvalue weighted by molar-refractivity contribution is 0.0979. The zero-order valence-corrected chi connectivity index (χ0v) is 12.0. The summed E-state index contributed by atoms with van der Waals surface area (Å²) in [6.07, 6.45) is 8.02. The summed E-state index contributed by atoms with van der Waals surface area (Å²) in [6.45, 7) is 6.10. The smallest absolute Gasteiger partial charge is 0.163 e. The molecule has 0 unspecified atom stereocenters. The number of aryl methyl sites for hydroxylation is 2.